The van der Waals surface area contributed by atoms with E-state index in [1.807, 2.05) is 0 Å². The number of hydrogen-bond acceptors (Lipinski definition) is 2. The van der Waals surface area contributed by atoms with Gasteiger partial charge in [0, 0.05) is 9.13 Å². The Balaban J connectivity index is 3.65. The van der Waals surface area contributed by atoms with Crippen molar-refractivity contribution >= 4 is 44.3 Å². The quantitative estimate of drug-likeness (QED) is 0.417. The van der Waals surface area contributed by atoms with Crippen LogP contribution >= 0.6 is 38.5 Å². The molecule has 1 aromatic carbocycles. The van der Waals surface area contributed by atoms with E-state index in [9.17, 15) is 18.0 Å². The van der Waals surface area contributed by atoms with Gasteiger partial charge in [-0.3, -0.25) is 4.79 Å². The van der Waals surface area contributed by atoms with Crippen LogP contribution in [0.15, 0.2) is 12.1 Å². The molecule has 0 aliphatic carbocycles. The van der Waals surface area contributed by atoms with E-state index in [1.165, 1.54) is 12.1 Å². The highest BCUT2D eigenvalue weighted by Crippen LogP contribution is 2.36. The maximum atomic E-state index is 12.9. The van der Waals surface area contributed by atoms with Crippen LogP contribution in [0.4, 0.5) is 13.2 Å². The normalized spacial score (nSPS) is 11.1. The first kappa shape index (κ1) is 14.4. The molecule has 1 aromatic rings. The summed E-state index contributed by atoms with van der Waals surface area (Å²) in [4.78, 5) is 11.4. The summed E-state index contributed by atoms with van der Waals surface area (Å²) in [6.07, 6.45) is -4.72. The molecule has 0 heterocycles. The highest BCUT2D eigenvalue weighted by atomic mass is 127. The van der Waals surface area contributed by atoms with E-state index < -0.39 is 28.6 Å². The third-order valence-corrected chi connectivity index (χ3v) is 3.38. The Labute approximate surface area is 117 Å². The molecule has 0 unspecified atom stereocenters. The number of carbonyl (C=O) groups is 1. The minimum Gasteiger partial charge on any atom is -0.293 e. The Morgan fingerprint density at radius 2 is 2.06 bits per heavy atom. The van der Waals surface area contributed by atoms with E-state index in [4.69, 9.17) is 5.26 Å². The molecule has 0 saturated carbocycles. The lowest BCUT2D eigenvalue weighted by Crippen LogP contribution is -2.17. The van der Waals surface area contributed by atoms with Crippen molar-refractivity contribution in [2.24, 2.45) is 0 Å². The predicted octanol–water partition coefficient (Wildman–Crippen LogP) is 3.76. The second-order valence-electron chi connectivity index (χ2n) is 3.01. The number of rotatable bonds is 2. The number of nitrogens with zero attached hydrogens (tertiary/aromatic N) is 1. The number of hydrogen-bond donors (Lipinski definition) is 0. The predicted molar refractivity (Wildman–Crippen MR) is 67.0 cm³/mol. The molecular formula is C10H4BrF3INO. The third-order valence-electron chi connectivity index (χ3n) is 1.97. The summed E-state index contributed by atoms with van der Waals surface area (Å²) < 4.78 is 38.7. The van der Waals surface area contributed by atoms with E-state index >= 15 is 0 Å². The molecule has 0 spiro atoms. The van der Waals surface area contributed by atoms with Gasteiger partial charge in [0.15, 0.2) is 5.78 Å². The average molecular weight is 418 g/mol. The van der Waals surface area contributed by atoms with Crippen molar-refractivity contribution in [2.45, 2.75) is 6.18 Å². The molecule has 0 atom stereocenters. The van der Waals surface area contributed by atoms with Crippen LogP contribution < -0.4 is 0 Å². The monoisotopic (exact) mass is 417 g/mol. The largest absolute Gasteiger partial charge is 0.418 e. The van der Waals surface area contributed by atoms with Crippen molar-refractivity contribution in [3.05, 3.63) is 32.4 Å². The molecule has 0 aliphatic heterocycles. The standard InChI is InChI=1S/C10H4BrF3INO/c11-3-8(17)5-1-2-7(15)6(4-16)9(5)10(12,13)14/h1-2H,3H2. The summed E-state index contributed by atoms with van der Waals surface area (Å²) >= 11 is 4.45. The minimum absolute atomic E-state index is 0.170. The lowest BCUT2D eigenvalue weighted by atomic mass is 9.99. The molecule has 0 N–H and O–H groups in total. The SMILES string of the molecule is N#Cc1c(I)ccc(C(=O)CBr)c1C(F)(F)F. The first-order valence-electron chi connectivity index (χ1n) is 4.22. The number of carbonyl (C=O) groups excluding carboxylic acids is 1. The van der Waals surface area contributed by atoms with Gasteiger partial charge in [-0.05, 0) is 34.7 Å². The molecule has 0 amide bonds. The Kier molecular flexibility index (Phi) is 4.55. The highest BCUT2D eigenvalue weighted by Gasteiger charge is 2.38. The summed E-state index contributed by atoms with van der Waals surface area (Å²) in [6.45, 7) is 0. The summed E-state index contributed by atoms with van der Waals surface area (Å²) in [6, 6.07) is 3.91. The molecule has 0 fully saturated rings. The van der Waals surface area contributed by atoms with Crippen LogP contribution in [-0.4, -0.2) is 11.1 Å². The summed E-state index contributed by atoms with van der Waals surface area (Å²) in [7, 11) is 0. The number of ketones is 1. The van der Waals surface area contributed by atoms with Crippen molar-refractivity contribution in [2.75, 3.05) is 5.33 Å². The number of nitriles is 1. The topological polar surface area (TPSA) is 40.9 Å². The first-order chi connectivity index (χ1) is 7.82. The van der Waals surface area contributed by atoms with Crippen molar-refractivity contribution in [1.29, 1.82) is 5.26 Å². The number of halogens is 5. The van der Waals surface area contributed by atoms with Crippen LogP contribution in [0.25, 0.3) is 0 Å². The molecule has 0 aromatic heterocycles. The fourth-order valence-electron chi connectivity index (χ4n) is 1.29. The molecule has 7 heteroatoms. The zero-order valence-electron chi connectivity index (χ0n) is 8.11. The van der Waals surface area contributed by atoms with E-state index in [1.54, 1.807) is 22.6 Å². The number of alkyl halides is 4. The smallest absolute Gasteiger partial charge is 0.293 e. The molecule has 0 saturated heterocycles. The van der Waals surface area contributed by atoms with Gasteiger partial charge in [0.25, 0.3) is 0 Å². The second kappa shape index (κ2) is 5.35. The Morgan fingerprint density at radius 1 is 1.47 bits per heavy atom. The van der Waals surface area contributed by atoms with Gasteiger partial charge in [-0.25, -0.2) is 0 Å². The number of Topliss-reactive ketones (excluding diaryl/α,β-unsaturated/α-hetero) is 1. The maximum absolute atomic E-state index is 12.9. The van der Waals surface area contributed by atoms with Crippen LogP contribution in [0.3, 0.4) is 0 Å². The molecular weight excluding hydrogens is 414 g/mol. The Bertz CT molecular complexity index is 507. The molecule has 0 radical (unpaired) electrons. The second-order valence-corrected chi connectivity index (χ2v) is 4.73. The van der Waals surface area contributed by atoms with Crippen molar-refractivity contribution in [3.8, 4) is 6.07 Å². The summed E-state index contributed by atoms with van der Waals surface area (Å²) in [5.74, 6) is -0.703. The van der Waals surface area contributed by atoms with Crippen molar-refractivity contribution in [3.63, 3.8) is 0 Å². The molecule has 90 valence electrons. The van der Waals surface area contributed by atoms with E-state index in [0.717, 1.165) is 6.07 Å². The van der Waals surface area contributed by atoms with Gasteiger partial charge in [0.1, 0.15) is 6.07 Å². The first-order valence-corrected chi connectivity index (χ1v) is 6.42. The molecule has 0 bridgehead atoms. The Hall–Kier alpha value is -0.620. The minimum atomic E-state index is -4.72. The summed E-state index contributed by atoms with van der Waals surface area (Å²) in [5, 5.41) is 8.54. The van der Waals surface area contributed by atoms with Gasteiger partial charge in [0.2, 0.25) is 0 Å². The average Bonchev–Trinajstić information content (AvgIpc) is 2.26. The third kappa shape index (κ3) is 2.98. The van der Waals surface area contributed by atoms with Crippen LogP contribution in [0.1, 0.15) is 21.5 Å². The maximum Gasteiger partial charge on any atom is 0.418 e. The molecule has 0 aliphatic rings. The van der Waals surface area contributed by atoms with E-state index in [2.05, 4.69) is 15.9 Å². The van der Waals surface area contributed by atoms with E-state index in [-0.39, 0.29) is 8.90 Å². The Morgan fingerprint density at radius 3 is 2.47 bits per heavy atom. The lowest BCUT2D eigenvalue weighted by molar-refractivity contribution is -0.138. The van der Waals surface area contributed by atoms with Crippen LogP contribution in [-0.2, 0) is 6.18 Å². The molecule has 1 rings (SSSR count). The fourth-order valence-corrected chi connectivity index (χ4v) is 2.16. The van der Waals surface area contributed by atoms with Gasteiger partial charge in [-0.1, -0.05) is 15.9 Å². The van der Waals surface area contributed by atoms with Gasteiger partial charge in [-0.15, -0.1) is 0 Å². The highest BCUT2D eigenvalue weighted by molar-refractivity contribution is 14.1. The number of benzene rings is 1. The van der Waals surface area contributed by atoms with Gasteiger partial charge in [-0.2, -0.15) is 18.4 Å². The summed E-state index contributed by atoms with van der Waals surface area (Å²) in [5.41, 5.74) is -2.15. The zero-order chi connectivity index (χ0) is 13.2. The van der Waals surface area contributed by atoms with Crippen molar-refractivity contribution in [1.82, 2.24) is 0 Å². The lowest BCUT2D eigenvalue weighted by Gasteiger charge is -2.14. The zero-order valence-corrected chi connectivity index (χ0v) is 11.9. The van der Waals surface area contributed by atoms with E-state index in [0.29, 0.717) is 0 Å². The van der Waals surface area contributed by atoms with Crippen LogP contribution in [0, 0.1) is 14.9 Å². The molecule has 2 nitrogen and oxygen atoms in total. The van der Waals surface area contributed by atoms with Crippen molar-refractivity contribution < 1.29 is 18.0 Å². The van der Waals surface area contributed by atoms with Gasteiger partial charge < -0.3 is 0 Å². The fraction of sp³-hybridized carbons (Fsp3) is 0.200. The molecule has 17 heavy (non-hydrogen) atoms. The van der Waals surface area contributed by atoms with Crippen LogP contribution in [0.5, 0.6) is 0 Å². The van der Waals surface area contributed by atoms with Gasteiger partial charge >= 0.3 is 6.18 Å². The van der Waals surface area contributed by atoms with Gasteiger partial charge in [0.05, 0.1) is 16.5 Å². The van der Waals surface area contributed by atoms with Crippen LogP contribution in [0.2, 0.25) is 0 Å².